The summed E-state index contributed by atoms with van der Waals surface area (Å²) in [6, 6.07) is 17.0. The summed E-state index contributed by atoms with van der Waals surface area (Å²) >= 11 is 0. The molecule has 0 radical (unpaired) electrons. The zero-order chi connectivity index (χ0) is 18.3. The molecule has 0 saturated heterocycles. The fourth-order valence-electron chi connectivity index (χ4n) is 3.53. The van der Waals surface area contributed by atoms with Crippen LogP contribution >= 0.6 is 0 Å². The third kappa shape index (κ3) is 2.09. The van der Waals surface area contributed by atoms with Crippen molar-refractivity contribution in [1.29, 1.82) is 5.26 Å². The molecule has 1 aliphatic heterocycles. The van der Waals surface area contributed by atoms with E-state index < -0.39 is 5.72 Å². The Labute approximate surface area is 151 Å². The molecule has 2 N–H and O–H groups in total. The number of aromatic hydroxyl groups is 1. The molecule has 3 aromatic carbocycles. The van der Waals surface area contributed by atoms with E-state index in [2.05, 4.69) is 11.4 Å². The van der Waals surface area contributed by atoms with E-state index in [-0.39, 0.29) is 5.75 Å². The highest BCUT2D eigenvalue weighted by Gasteiger charge is 2.44. The second-order valence-electron chi connectivity index (χ2n) is 6.15. The molecule has 0 spiro atoms. The first-order valence-electron chi connectivity index (χ1n) is 8.43. The number of rotatable bonds is 3. The number of hydrogen-bond acceptors (Lipinski definition) is 5. The molecule has 1 unspecified atom stereocenters. The zero-order valence-corrected chi connectivity index (χ0v) is 14.5. The Morgan fingerprint density at radius 1 is 1.19 bits per heavy atom. The van der Waals surface area contributed by atoms with Gasteiger partial charge in [-0.2, -0.15) is 5.26 Å². The monoisotopic (exact) mass is 346 g/mol. The Kier molecular flexibility index (Phi) is 3.62. The number of anilines is 1. The van der Waals surface area contributed by atoms with Crippen LogP contribution in [0.15, 0.2) is 48.5 Å². The number of nitrogens with one attached hydrogen (secondary N) is 1. The SMILES string of the molecule is CCc1c2c(c3c(OC)cccc3c1O)OC(C#N)(c1ccccc1)N2. The molecular weight excluding hydrogens is 328 g/mol. The van der Waals surface area contributed by atoms with E-state index >= 15 is 0 Å². The number of methoxy groups -OCH3 is 1. The van der Waals surface area contributed by atoms with Gasteiger partial charge in [-0.1, -0.05) is 49.4 Å². The maximum Gasteiger partial charge on any atom is 0.296 e. The van der Waals surface area contributed by atoms with E-state index in [0.29, 0.717) is 45.5 Å². The summed E-state index contributed by atoms with van der Waals surface area (Å²) in [5.74, 6) is 1.29. The van der Waals surface area contributed by atoms with Crippen LogP contribution in [0.1, 0.15) is 18.1 Å². The van der Waals surface area contributed by atoms with Gasteiger partial charge in [-0.15, -0.1) is 0 Å². The average molecular weight is 346 g/mol. The molecule has 1 heterocycles. The number of nitrogens with zero attached hydrogens (tertiary/aromatic N) is 1. The predicted molar refractivity (Wildman–Crippen MR) is 99.5 cm³/mol. The second-order valence-corrected chi connectivity index (χ2v) is 6.15. The Bertz CT molecular complexity index is 1040. The molecule has 130 valence electrons. The molecule has 0 aliphatic carbocycles. The van der Waals surface area contributed by atoms with Crippen molar-refractivity contribution in [2.45, 2.75) is 19.1 Å². The Hall–Kier alpha value is -3.39. The molecule has 1 atom stereocenters. The molecule has 0 saturated carbocycles. The first kappa shape index (κ1) is 16.1. The van der Waals surface area contributed by atoms with Crippen LogP contribution in [0.3, 0.4) is 0 Å². The number of phenols is 1. The summed E-state index contributed by atoms with van der Waals surface area (Å²) < 4.78 is 11.7. The fraction of sp³-hybridized carbons (Fsp3) is 0.190. The van der Waals surface area contributed by atoms with Gasteiger partial charge in [-0.25, -0.2) is 0 Å². The van der Waals surface area contributed by atoms with Crippen molar-refractivity contribution < 1.29 is 14.6 Å². The Morgan fingerprint density at radius 3 is 2.62 bits per heavy atom. The van der Waals surface area contributed by atoms with E-state index in [1.165, 1.54) is 0 Å². The molecule has 3 aromatic rings. The van der Waals surface area contributed by atoms with Crippen LogP contribution in [0.2, 0.25) is 0 Å². The van der Waals surface area contributed by atoms with E-state index in [1.807, 2.05) is 55.5 Å². The van der Waals surface area contributed by atoms with Crippen LogP contribution in [0.25, 0.3) is 10.8 Å². The standard InChI is InChI=1S/C21H18N2O3/c1-3-14-18-20(17-15(19(14)24)10-7-11-16(17)25-2)26-21(12-22,23-18)13-8-5-4-6-9-13/h4-11,23-24H,3H2,1-2H3. The number of fused-ring (bicyclic) bond motifs is 3. The number of nitriles is 1. The fourth-order valence-corrected chi connectivity index (χ4v) is 3.53. The van der Waals surface area contributed by atoms with Crippen molar-refractivity contribution in [3.05, 3.63) is 59.7 Å². The van der Waals surface area contributed by atoms with Gasteiger partial charge in [-0.3, -0.25) is 0 Å². The second kappa shape index (κ2) is 5.85. The minimum atomic E-state index is -1.35. The van der Waals surface area contributed by atoms with Crippen molar-refractivity contribution in [3.8, 4) is 23.3 Å². The highest BCUT2D eigenvalue weighted by molar-refractivity contribution is 6.04. The first-order valence-corrected chi connectivity index (χ1v) is 8.43. The number of benzene rings is 3. The quantitative estimate of drug-likeness (QED) is 0.740. The lowest BCUT2D eigenvalue weighted by Gasteiger charge is -2.21. The highest BCUT2D eigenvalue weighted by atomic mass is 16.5. The molecule has 0 aromatic heterocycles. The summed E-state index contributed by atoms with van der Waals surface area (Å²) in [5.41, 5.74) is 0.694. The van der Waals surface area contributed by atoms with E-state index in [4.69, 9.17) is 9.47 Å². The summed E-state index contributed by atoms with van der Waals surface area (Å²) in [4.78, 5) is 0. The molecular formula is C21H18N2O3. The van der Waals surface area contributed by atoms with E-state index in [0.717, 1.165) is 0 Å². The van der Waals surface area contributed by atoms with Gasteiger partial charge in [0, 0.05) is 16.5 Å². The third-order valence-corrected chi connectivity index (χ3v) is 4.79. The summed E-state index contributed by atoms with van der Waals surface area (Å²) in [7, 11) is 1.57. The van der Waals surface area contributed by atoms with Crippen molar-refractivity contribution in [3.63, 3.8) is 0 Å². The van der Waals surface area contributed by atoms with E-state index in [1.54, 1.807) is 7.11 Å². The lowest BCUT2D eigenvalue weighted by atomic mass is 9.99. The molecule has 26 heavy (non-hydrogen) atoms. The van der Waals surface area contributed by atoms with Crippen LogP contribution in [0, 0.1) is 11.3 Å². The lowest BCUT2D eigenvalue weighted by Crippen LogP contribution is -2.35. The maximum absolute atomic E-state index is 10.8. The summed E-state index contributed by atoms with van der Waals surface area (Å²) in [6.07, 6.45) is 0.591. The molecule has 0 fully saturated rings. The van der Waals surface area contributed by atoms with Crippen molar-refractivity contribution in [1.82, 2.24) is 0 Å². The lowest BCUT2D eigenvalue weighted by molar-refractivity contribution is 0.183. The van der Waals surface area contributed by atoms with Crippen LogP contribution in [0.5, 0.6) is 17.2 Å². The van der Waals surface area contributed by atoms with E-state index in [9.17, 15) is 10.4 Å². The molecule has 5 nitrogen and oxygen atoms in total. The van der Waals surface area contributed by atoms with Gasteiger partial charge in [0.25, 0.3) is 5.72 Å². The van der Waals surface area contributed by atoms with Gasteiger partial charge in [0.2, 0.25) is 0 Å². The van der Waals surface area contributed by atoms with Gasteiger partial charge in [-0.05, 0) is 12.5 Å². The predicted octanol–water partition coefficient (Wildman–Crippen LogP) is 4.30. The maximum atomic E-state index is 10.8. The number of ether oxygens (including phenoxy) is 2. The van der Waals surface area contributed by atoms with Gasteiger partial charge in [0.15, 0.2) is 5.75 Å². The Morgan fingerprint density at radius 2 is 1.96 bits per heavy atom. The molecule has 1 aliphatic rings. The van der Waals surface area contributed by atoms with Gasteiger partial charge in [0.1, 0.15) is 17.6 Å². The smallest absolute Gasteiger partial charge is 0.296 e. The molecule has 5 heteroatoms. The summed E-state index contributed by atoms with van der Waals surface area (Å²) in [6.45, 7) is 1.96. The normalized spacial score (nSPS) is 17.9. The van der Waals surface area contributed by atoms with Gasteiger partial charge in [0.05, 0.1) is 18.2 Å². The van der Waals surface area contributed by atoms with Crippen LogP contribution < -0.4 is 14.8 Å². The number of hydrogen-bond donors (Lipinski definition) is 2. The molecule has 4 rings (SSSR count). The minimum absolute atomic E-state index is 0.179. The summed E-state index contributed by atoms with van der Waals surface area (Å²) in [5, 5.41) is 25.3. The third-order valence-electron chi connectivity index (χ3n) is 4.79. The van der Waals surface area contributed by atoms with Crippen LogP contribution in [-0.4, -0.2) is 12.2 Å². The van der Waals surface area contributed by atoms with Crippen molar-refractivity contribution in [2.24, 2.45) is 0 Å². The highest BCUT2D eigenvalue weighted by Crippen LogP contribution is 2.53. The van der Waals surface area contributed by atoms with Crippen molar-refractivity contribution in [2.75, 3.05) is 12.4 Å². The number of phenolic OH excluding ortho intramolecular Hbond substituents is 1. The van der Waals surface area contributed by atoms with Crippen molar-refractivity contribution >= 4 is 16.5 Å². The minimum Gasteiger partial charge on any atom is -0.507 e. The van der Waals surface area contributed by atoms with Gasteiger partial charge < -0.3 is 19.9 Å². The largest absolute Gasteiger partial charge is 0.507 e. The van der Waals surface area contributed by atoms with Gasteiger partial charge >= 0.3 is 0 Å². The van der Waals surface area contributed by atoms with Crippen LogP contribution in [-0.2, 0) is 12.1 Å². The zero-order valence-electron chi connectivity index (χ0n) is 14.5. The molecule has 0 amide bonds. The van der Waals surface area contributed by atoms with Crippen LogP contribution in [0.4, 0.5) is 5.69 Å². The first-order chi connectivity index (χ1) is 12.6. The Balaban J connectivity index is 2.04. The molecule has 0 bridgehead atoms. The topological polar surface area (TPSA) is 74.5 Å². The average Bonchev–Trinajstić information content (AvgIpc) is 3.09.